The molecule has 1 amide bonds. The van der Waals surface area contributed by atoms with Crippen LogP contribution in [-0.2, 0) is 0 Å². The first kappa shape index (κ1) is 24.2. The lowest BCUT2D eigenvalue weighted by Crippen LogP contribution is -2.17. The Kier molecular flexibility index (Phi) is 6.96. The van der Waals surface area contributed by atoms with E-state index in [9.17, 15) is 4.79 Å². The number of benzene rings is 3. The summed E-state index contributed by atoms with van der Waals surface area (Å²) < 4.78 is 2.19. The Hall–Kier alpha value is -4.49. The van der Waals surface area contributed by atoms with Gasteiger partial charge in [0.05, 0.1) is 11.9 Å². The van der Waals surface area contributed by atoms with Gasteiger partial charge in [0, 0.05) is 44.8 Å². The normalized spacial score (nSPS) is 11.1. The molecule has 0 saturated carbocycles. The van der Waals surface area contributed by atoms with Gasteiger partial charge in [-0.25, -0.2) is 10.4 Å². The lowest BCUT2D eigenvalue weighted by atomic mass is 10.2. The zero-order chi connectivity index (χ0) is 25.8. The summed E-state index contributed by atoms with van der Waals surface area (Å²) in [4.78, 5) is 17.3. The second kappa shape index (κ2) is 10.6. The third-order valence-corrected chi connectivity index (χ3v) is 6.83. The molecule has 184 valence electrons. The van der Waals surface area contributed by atoms with E-state index in [-0.39, 0.29) is 5.91 Å². The van der Waals surface area contributed by atoms with E-state index in [0.717, 1.165) is 44.7 Å². The molecule has 6 nitrogen and oxygen atoms in total. The van der Waals surface area contributed by atoms with Crippen molar-refractivity contribution in [2.75, 3.05) is 5.32 Å². The molecule has 5 aromatic rings. The molecule has 0 saturated heterocycles. The van der Waals surface area contributed by atoms with Crippen molar-refractivity contribution >= 4 is 34.3 Å². The first-order valence-electron chi connectivity index (χ1n) is 12.0. The standard InChI is InChI=1S/C30H27N5OS/c1-20-8-7-11-27(16-20)35-21(2)17-25(22(35)3)18-31-34-29(36)24-12-14-26(15-13-24)32-30-33-28(19-37-30)23-9-5-4-6-10-23/h4-19H,1-3H3,(H,32,33)(H,34,36)/b31-18+. The molecule has 0 radical (unpaired) electrons. The summed E-state index contributed by atoms with van der Waals surface area (Å²) in [6.45, 7) is 6.20. The summed E-state index contributed by atoms with van der Waals surface area (Å²) >= 11 is 1.54. The Morgan fingerprint density at radius 3 is 2.49 bits per heavy atom. The molecule has 0 aliphatic rings. The molecule has 2 aromatic heterocycles. The molecule has 0 aliphatic heterocycles. The first-order chi connectivity index (χ1) is 18.0. The zero-order valence-electron chi connectivity index (χ0n) is 20.9. The van der Waals surface area contributed by atoms with Gasteiger partial charge >= 0.3 is 0 Å². The minimum absolute atomic E-state index is 0.268. The van der Waals surface area contributed by atoms with Crippen LogP contribution in [0.15, 0.2) is 95.4 Å². The smallest absolute Gasteiger partial charge is 0.271 e. The Morgan fingerprint density at radius 2 is 1.73 bits per heavy atom. The van der Waals surface area contributed by atoms with Gasteiger partial charge < -0.3 is 9.88 Å². The Balaban J connectivity index is 1.21. The number of hydrazone groups is 1. The minimum atomic E-state index is -0.268. The fourth-order valence-corrected chi connectivity index (χ4v) is 4.95. The van der Waals surface area contributed by atoms with E-state index in [4.69, 9.17) is 0 Å². The summed E-state index contributed by atoms with van der Waals surface area (Å²) in [7, 11) is 0. The summed E-state index contributed by atoms with van der Waals surface area (Å²) in [5.41, 5.74) is 11.5. The van der Waals surface area contributed by atoms with Crippen LogP contribution in [0.3, 0.4) is 0 Å². The number of thiazole rings is 1. The molecule has 2 heterocycles. The summed E-state index contributed by atoms with van der Waals surface area (Å²) in [6, 6.07) is 27.8. The molecule has 0 atom stereocenters. The molecule has 0 bridgehead atoms. The number of nitrogens with one attached hydrogen (secondary N) is 2. The van der Waals surface area contributed by atoms with Crippen LogP contribution in [-0.4, -0.2) is 21.7 Å². The van der Waals surface area contributed by atoms with Gasteiger partial charge in [-0.1, -0.05) is 42.5 Å². The highest BCUT2D eigenvalue weighted by Gasteiger charge is 2.10. The van der Waals surface area contributed by atoms with Crippen LogP contribution in [0.5, 0.6) is 0 Å². The second-order valence-corrected chi connectivity index (χ2v) is 9.66. The summed E-state index contributed by atoms with van der Waals surface area (Å²) in [6.07, 6.45) is 1.69. The van der Waals surface area contributed by atoms with E-state index in [1.807, 2.05) is 47.8 Å². The van der Waals surface area contributed by atoms with Crippen LogP contribution in [0.25, 0.3) is 16.9 Å². The summed E-state index contributed by atoms with van der Waals surface area (Å²) in [5, 5.41) is 10.3. The van der Waals surface area contributed by atoms with Gasteiger partial charge in [0.15, 0.2) is 5.13 Å². The van der Waals surface area contributed by atoms with Crippen LogP contribution in [0.4, 0.5) is 10.8 Å². The van der Waals surface area contributed by atoms with Crippen LogP contribution < -0.4 is 10.7 Å². The van der Waals surface area contributed by atoms with Crippen molar-refractivity contribution in [1.82, 2.24) is 15.0 Å². The fraction of sp³-hybridized carbons (Fsp3) is 0.100. The number of rotatable bonds is 7. The summed E-state index contributed by atoms with van der Waals surface area (Å²) in [5.74, 6) is -0.268. The van der Waals surface area contributed by atoms with Gasteiger partial charge in [0.2, 0.25) is 0 Å². The maximum Gasteiger partial charge on any atom is 0.271 e. The maximum atomic E-state index is 12.6. The number of carbonyl (C=O) groups is 1. The van der Waals surface area contributed by atoms with E-state index in [0.29, 0.717) is 5.56 Å². The predicted molar refractivity (Wildman–Crippen MR) is 152 cm³/mol. The molecular weight excluding hydrogens is 478 g/mol. The van der Waals surface area contributed by atoms with Gasteiger partial charge in [0.25, 0.3) is 5.91 Å². The molecule has 0 fully saturated rings. The molecule has 7 heteroatoms. The van der Waals surface area contributed by atoms with Crippen LogP contribution in [0.2, 0.25) is 0 Å². The number of amides is 1. The molecule has 0 spiro atoms. The lowest BCUT2D eigenvalue weighted by molar-refractivity contribution is 0.0955. The molecule has 3 aromatic carbocycles. The van der Waals surface area contributed by atoms with Crippen LogP contribution in [0, 0.1) is 20.8 Å². The monoisotopic (exact) mass is 505 g/mol. The van der Waals surface area contributed by atoms with Crippen molar-refractivity contribution in [3.8, 4) is 16.9 Å². The topological polar surface area (TPSA) is 71.3 Å². The van der Waals surface area contributed by atoms with E-state index in [1.165, 1.54) is 16.9 Å². The number of hydrogen-bond acceptors (Lipinski definition) is 5. The van der Waals surface area contributed by atoms with Crippen molar-refractivity contribution in [2.24, 2.45) is 5.10 Å². The van der Waals surface area contributed by atoms with E-state index >= 15 is 0 Å². The second-order valence-electron chi connectivity index (χ2n) is 8.81. The van der Waals surface area contributed by atoms with Crippen molar-refractivity contribution in [2.45, 2.75) is 20.8 Å². The molecular formula is C30H27N5OS. The number of aromatic nitrogens is 2. The van der Waals surface area contributed by atoms with Gasteiger partial charge in [-0.3, -0.25) is 4.79 Å². The highest BCUT2D eigenvalue weighted by atomic mass is 32.1. The number of nitrogens with zero attached hydrogens (tertiary/aromatic N) is 3. The number of hydrogen-bond donors (Lipinski definition) is 2. The highest BCUT2D eigenvalue weighted by Crippen LogP contribution is 2.27. The quantitative estimate of drug-likeness (QED) is 0.184. The lowest BCUT2D eigenvalue weighted by Gasteiger charge is -2.10. The average molecular weight is 506 g/mol. The van der Waals surface area contributed by atoms with Gasteiger partial charge in [-0.15, -0.1) is 11.3 Å². The molecule has 37 heavy (non-hydrogen) atoms. The predicted octanol–water partition coefficient (Wildman–Crippen LogP) is 7.03. The minimum Gasteiger partial charge on any atom is -0.332 e. The molecule has 2 N–H and O–H groups in total. The van der Waals surface area contributed by atoms with Crippen molar-refractivity contribution < 1.29 is 4.79 Å². The number of aryl methyl sites for hydroxylation is 2. The maximum absolute atomic E-state index is 12.6. The average Bonchev–Trinajstić information content (AvgIpc) is 3.48. The fourth-order valence-electron chi connectivity index (χ4n) is 4.21. The van der Waals surface area contributed by atoms with Gasteiger partial charge in [0.1, 0.15) is 0 Å². The largest absolute Gasteiger partial charge is 0.332 e. The van der Waals surface area contributed by atoms with Crippen LogP contribution >= 0.6 is 11.3 Å². The molecule has 0 unspecified atom stereocenters. The Morgan fingerprint density at radius 1 is 0.946 bits per heavy atom. The highest BCUT2D eigenvalue weighted by molar-refractivity contribution is 7.14. The Bertz CT molecular complexity index is 1570. The first-order valence-corrected chi connectivity index (χ1v) is 12.8. The van der Waals surface area contributed by atoms with Crippen molar-refractivity contribution in [3.63, 3.8) is 0 Å². The van der Waals surface area contributed by atoms with E-state index in [1.54, 1.807) is 18.3 Å². The van der Waals surface area contributed by atoms with E-state index in [2.05, 4.69) is 76.5 Å². The SMILES string of the molecule is Cc1cccc(-n2c(C)cc(/C=N/NC(=O)c3ccc(Nc4nc(-c5ccccc5)cs4)cc3)c2C)c1. The Labute approximate surface area is 220 Å². The van der Waals surface area contributed by atoms with Crippen LogP contribution in [0.1, 0.15) is 32.9 Å². The third-order valence-electron chi connectivity index (χ3n) is 6.07. The van der Waals surface area contributed by atoms with Crippen molar-refractivity contribution in [3.05, 3.63) is 118 Å². The molecule has 5 rings (SSSR count). The van der Waals surface area contributed by atoms with Gasteiger partial charge in [-0.05, 0) is 68.8 Å². The molecule has 0 aliphatic carbocycles. The van der Waals surface area contributed by atoms with Gasteiger partial charge in [-0.2, -0.15) is 5.10 Å². The number of anilines is 2. The third kappa shape index (κ3) is 5.52. The number of carbonyl (C=O) groups excluding carboxylic acids is 1. The van der Waals surface area contributed by atoms with Crippen molar-refractivity contribution in [1.29, 1.82) is 0 Å². The van der Waals surface area contributed by atoms with E-state index < -0.39 is 0 Å². The zero-order valence-corrected chi connectivity index (χ0v) is 21.7.